The number of urea groups is 1. The molecule has 1 saturated heterocycles. The normalized spacial score (nSPS) is 16.0. The Bertz CT molecular complexity index is 815. The molecule has 1 aliphatic heterocycles. The maximum atomic E-state index is 12.7. The van der Waals surface area contributed by atoms with Gasteiger partial charge in [0.15, 0.2) is 0 Å². The standard InChI is InChI=1S/C21H25ClN2O4/c1-26-16-8-9-18(20(14-16)27-2)19-7-4-11-24(19)21(25)23-10-12-28-17-6-3-5-15(22)13-17/h3,5-6,8-9,13-14,19H,4,7,10-12H2,1-2H3,(H,23,25). The molecule has 0 radical (unpaired) electrons. The number of methoxy groups -OCH3 is 2. The third-order valence-electron chi connectivity index (χ3n) is 4.76. The number of rotatable bonds is 7. The van der Waals surface area contributed by atoms with Crippen LogP contribution in [0.15, 0.2) is 42.5 Å². The van der Waals surface area contributed by atoms with Crippen molar-refractivity contribution in [2.24, 2.45) is 0 Å². The molecule has 0 spiro atoms. The average Bonchev–Trinajstić information content (AvgIpc) is 3.20. The number of ether oxygens (including phenoxy) is 3. The van der Waals surface area contributed by atoms with Crippen LogP contribution in [0.1, 0.15) is 24.4 Å². The van der Waals surface area contributed by atoms with Gasteiger partial charge in [-0.2, -0.15) is 0 Å². The van der Waals surface area contributed by atoms with Crippen molar-refractivity contribution in [2.75, 3.05) is 33.9 Å². The molecule has 2 aromatic rings. The van der Waals surface area contributed by atoms with E-state index in [1.807, 2.05) is 35.2 Å². The Morgan fingerprint density at radius 2 is 2.04 bits per heavy atom. The van der Waals surface area contributed by atoms with Crippen molar-refractivity contribution in [2.45, 2.75) is 18.9 Å². The number of nitrogens with one attached hydrogen (secondary N) is 1. The minimum atomic E-state index is -0.102. The Morgan fingerprint density at radius 3 is 2.79 bits per heavy atom. The van der Waals surface area contributed by atoms with E-state index in [1.54, 1.807) is 26.4 Å². The third-order valence-corrected chi connectivity index (χ3v) is 4.99. The van der Waals surface area contributed by atoms with Crippen molar-refractivity contribution in [3.05, 3.63) is 53.1 Å². The number of carbonyl (C=O) groups excluding carboxylic acids is 1. The summed E-state index contributed by atoms with van der Waals surface area (Å²) < 4.78 is 16.4. The number of hydrogen-bond donors (Lipinski definition) is 1. The monoisotopic (exact) mass is 404 g/mol. The highest BCUT2D eigenvalue weighted by molar-refractivity contribution is 6.30. The number of hydrogen-bond acceptors (Lipinski definition) is 4. The van der Waals surface area contributed by atoms with Crippen LogP contribution in [0, 0.1) is 0 Å². The van der Waals surface area contributed by atoms with E-state index in [0.29, 0.717) is 30.5 Å². The number of amides is 2. The zero-order valence-electron chi connectivity index (χ0n) is 16.1. The zero-order valence-corrected chi connectivity index (χ0v) is 16.9. The second-order valence-corrected chi connectivity index (χ2v) is 6.93. The van der Waals surface area contributed by atoms with Crippen LogP contribution in [0.5, 0.6) is 17.2 Å². The summed E-state index contributed by atoms with van der Waals surface area (Å²) in [6.45, 7) is 1.49. The molecule has 28 heavy (non-hydrogen) atoms. The van der Waals surface area contributed by atoms with Gasteiger partial charge in [-0.3, -0.25) is 0 Å². The summed E-state index contributed by atoms with van der Waals surface area (Å²) in [4.78, 5) is 14.5. The molecule has 0 saturated carbocycles. The van der Waals surface area contributed by atoms with Crippen LogP contribution >= 0.6 is 11.6 Å². The van der Waals surface area contributed by atoms with Gasteiger partial charge in [0, 0.05) is 23.2 Å². The zero-order chi connectivity index (χ0) is 19.9. The molecule has 7 heteroatoms. The van der Waals surface area contributed by atoms with Crippen LogP contribution in [-0.2, 0) is 0 Å². The number of halogens is 1. The number of benzene rings is 2. The molecule has 1 heterocycles. The van der Waals surface area contributed by atoms with E-state index in [4.69, 9.17) is 25.8 Å². The van der Waals surface area contributed by atoms with Crippen LogP contribution in [0.3, 0.4) is 0 Å². The van der Waals surface area contributed by atoms with Crippen molar-refractivity contribution in [1.82, 2.24) is 10.2 Å². The minimum absolute atomic E-state index is 0.0188. The molecule has 1 aliphatic rings. The predicted octanol–water partition coefficient (Wildman–Crippen LogP) is 4.28. The number of carbonyl (C=O) groups is 1. The second-order valence-electron chi connectivity index (χ2n) is 6.50. The SMILES string of the molecule is COc1ccc(C2CCCN2C(=O)NCCOc2cccc(Cl)c2)c(OC)c1. The molecule has 1 unspecified atom stereocenters. The Kier molecular flexibility index (Phi) is 6.87. The van der Waals surface area contributed by atoms with Gasteiger partial charge in [-0.15, -0.1) is 0 Å². The fraction of sp³-hybridized carbons (Fsp3) is 0.381. The number of nitrogens with zero attached hydrogens (tertiary/aromatic N) is 1. The first-order chi connectivity index (χ1) is 13.6. The quantitative estimate of drug-likeness (QED) is 0.699. The molecule has 2 aromatic carbocycles. The molecule has 0 aliphatic carbocycles. The lowest BCUT2D eigenvalue weighted by atomic mass is 10.0. The van der Waals surface area contributed by atoms with E-state index in [1.165, 1.54) is 0 Å². The lowest BCUT2D eigenvalue weighted by Gasteiger charge is -2.26. The molecular weight excluding hydrogens is 380 g/mol. The minimum Gasteiger partial charge on any atom is -0.497 e. The molecule has 6 nitrogen and oxygen atoms in total. The summed E-state index contributed by atoms with van der Waals surface area (Å²) in [5, 5.41) is 3.55. The van der Waals surface area contributed by atoms with Gasteiger partial charge in [-0.1, -0.05) is 17.7 Å². The van der Waals surface area contributed by atoms with Gasteiger partial charge in [-0.25, -0.2) is 4.79 Å². The summed E-state index contributed by atoms with van der Waals surface area (Å²) in [6.07, 6.45) is 1.85. The molecule has 0 bridgehead atoms. The van der Waals surface area contributed by atoms with Gasteiger partial charge in [0.05, 0.1) is 26.8 Å². The van der Waals surface area contributed by atoms with Crippen molar-refractivity contribution in [3.63, 3.8) is 0 Å². The van der Waals surface area contributed by atoms with E-state index < -0.39 is 0 Å². The Labute approximate surface area is 170 Å². The van der Waals surface area contributed by atoms with Gasteiger partial charge in [0.25, 0.3) is 0 Å². The Morgan fingerprint density at radius 1 is 1.18 bits per heavy atom. The second kappa shape index (κ2) is 9.55. The van der Waals surface area contributed by atoms with Gasteiger partial charge >= 0.3 is 6.03 Å². The first-order valence-electron chi connectivity index (χ1n) is 9.27. The van der Waals surface area contributed by atoms with Gasteiger partial charge < -0.3 is 24.4 Å². The molecule has 1 fully saturated rings. The molecule has 150 valence electrons. The van der Waals surface area contributed by atoms with E-state index in [9.17, 15) is 4.79 Å². The van der Waals surface area contributed by atoms with Gasteiger partial charge in [-0.05, 0) is 43.2 Å². The summed E-state index contributed by atoms with van der Waals surface area (Å²) in [5.74, 6) is 2.14. The van der Waals surface area contributed by atoms with Crippen molar-refractivity contribution in [1.29, 1.82) is 0 Å². The first-order valence-corrected chi connectivity index (χ1v) is 9.65. The lowest BCUT2D eigenvalue weighted by molar-refractivity contribution is 0.189. The molecule has 0 aromatic heterocycles. The molecule has 1 atom stereocenters. The molecule has 2 amide bonds. The van der Waals surface area contributed by atoms with Crippen LogP contribution in [0.4, 0.5) is 4.79 Å². The summed E-state index contributed by atoms with van der Waals surface area (Å²) >= 11 is 5.94. The topological polar surface area (TPSA) is 60.0 Å². The lowest BCUT2D eigenvalue weighted by Crippen LogP contribution is -2.41. The molecule has 3 rings (SSSR count). The highest BCUT2D eigenvalue weighted by Gasteiger charge is 2.31. The maximum Gasteiger partial charge on any atom is 0.318 e. The largest absolute Gasteiger partial charge is 0.497 e. The van der Waals surface area contributed by atoms with E-state index in [2.05, 4.69) is 5.32 Å². The Balaban J connectivity index is 1.57. The highest BCUT2D eigenvalue weighted by Crippen LogP contribution is 2.38. The average molecular weight is 405 g/mol. The highest BCUT2D eigenvalue weighted by atomic mass is 35.5. The Hall–Kier alpha value is -2.60. The van der Waals surface area contributed by atoms with E-state index in [0.717, 1.165) is 29.9 Å². The third kappa shape index (κ3) is 4.81. The first kappa shape index (κ1) is 20.1. The van der Waals surface area contributed by atoms with Crippen molar-refractivity contribution < 1.29 is 19.0 Å². The summed E-state index contributed by atoms with van der Waals surface area (Å²) in [7, 11) is 3.25. The predicted molar refractivity (Wildman–Crippen MR) is 109 cm³/mol. The molecule has 1 N–H and O–H groups in total. The number of likely N-dealkylation sites (tertiary alicyclic amines) is 1. The molecular formula is C21H25ClN2O4. The van der Waals surface area contributed by atoms with Crippen molar-refractivity contribution >= 4 is 17.6 Å². The van der Waals surface area contributed by atoms with Crippen LogP contribution in [0.2, 0.25) is 5.02 Å². The van der Waals surface area contributed by atoms with Crippen molar-refractivity contribution in [3.8, 4) is 17.2 Å². The van der Waals surface area contributed by atoms with Crippen LogP contribution in [-0.4, -0.2) is 44.8 Å². The van der Waals surface area contributed by atoms with Crippen LogP contribution < -0.4 is 19.5 Å². The summed E-state index contributed by atoms with van der Waals surface area (Å²) in [6, 6.07) is 12.8. The smallest absolute Gasteiger partial charge is 0.318 e. The van der Waals surface area contributed by atoms with E-state index in [-0.39, 0.29) is 12.1 Å². The van der Waals surface area contributed by atoms with Gasteiger partial charge in [0.2, 0.25) is 0 Å². The van der Waals surface area contributed by atoms with Crippen LogP contribution in [0.25, 0.3) is 0 Å². The fourth-order valence-corrected chi connectivity index (χ4v) is 3.59. The van der Waals surface area contributed by atoms with E-state index >= 15 is 0 Å². The maximum absolute atomic E-state index is 12.7. The summed E-state index contributed by atoms with van der Waals surface area (Å²) in [5.41, 5.74) is 0.992. The fourth-order valence-electron chi connectivity index (χ4n) is 3.41. The van der Waals surface area contributed by atoms with Gasteiger partial charge in [0.1, 0.15) is 23.9 Å².